The molecule has 3 N–H and O–H groups in total. The number of carbonyl (C=O) groups is 3. The Balaban J connectivity index is 1.39. The Bertz CT molecular complexity index is 1970. The minimum absolute atomic E-state index is 0.0216. The minimum Gasteiger partial charge on any atom is -0.464 e. The molecule has 6 rings (SSSR count). The summed E-state index contributed by atoms with van der Waals surface area (Å²) >= 11 is 1.18. The second-order valence-electron chi connectivity index (χ2n) is 11.5. The van der Waals surface area contributed by atoms with Gasteiger partial charge < -0.3 is 24.8 Å². The van der Waals surface area contributed by atoms with Gasteiger partial charge in [0.2, 0.25) is 11.8 Å². The van der Waals surface area contributed by atoms with Crippen molar-refractivity contribution >= 4 is 51.5 Å². The lowest BCUT2D eigenvalue weighted by molar-refractivity contribution is -0.134. The van der Waals surface area contributed by atoms with E-state index in [9.17, 15) is 19.2 Å². The molecule has 238 valence electrons. The molecule has 1 saturated carbocycles. The first-order valence-corrected chi connectivity index (χ1v) is 16.4. The molecule has 0 radical (unpaired) electrons. The summed E-state index contributed by atoms with van der Waals surface area (Å²) in [5.41, 5.74) is 7.84. The number of nitrogens with one attached hydrogen (secondary N) is 1. The lowest BCUT2D eigenvalue weighted by atomic mass is 9.95. The van der Waals surface area contributed by atoms with Crippen LogP contribution in [0.5, 0.6) is 5.75 Å². The van der Waals surface area contributed by atoms with E-state index >= 15 is 0 Å². The van der Waals surface area contributed by atoms with E-state index < -0.39 is 11.9 Å². The number of ether oxygens (including phenoxy) is 1. The van der Waals surface area contributed by atoms with E-state index in [0.717, 1.165) is 42.1 Å². The number of esters is 1. The van der Waals surface area contributed by atoms with Gasteiger partial charge in [0, 0.05) is 42.9 Å². The van der Waals surface area contributed by atoms with Gasteiger partial charge >= 0.3 is 5.97 Å². The van der Waals surface area contributed by atoms with Gasteiger partial charge in [-0.15, -0.1) is 0 Å². The van der Waals surface area contributed by atoms with Gasteiger partial charge in [-0.2, -0.15) is 0 Å². The van der Waals surface area contributed by atoms with Crippen LogP contribution in [-0.4, -0.2) is 43.7 Å². The number of hydrogen-bond acceptors (Lipinski definition) is 8. The van der Waals surface area contributed by atoms with E-state index in [1.54, 1.807) is 30.5 Å². The topological polar surface area (TPSA) is 151 Å². The average Bonchev–Trinajstić information content (AvgIpc) is 3.67. The standard InChI is InChI=1S/C34H35N5O6S/c1-38-26-16-15-21(27-12-7-17-44-27)18-25(26)31-32(38)33(43)39(34(37-31)46-20-29(41)36-22-8-3-2-4-9-22)23-10-5-11-24(19-23)45-30(42)14-6-13-28(35)40/h5,7,10-12,15-19,22H,2-4,6,8-9,13-14,20H2,1H3,(H2,35,40)(H,36,41). The molecule has 3 heterocycles. The van der Waals surface area contributed by atoms with Crippen LogP contribution in [0.15, 0.2) is 75.2 Å². The van der Waals surface area contributed by atoms with Crippen molar-refractivity contribution in [3.63, 3.8) is 0 Å². The molecule has 0 spiro atoms. The molecular weight excluding hydrogens is 606 g/mol. The van der Waals surface area contributed by atoms with E-state index in [2.05, 4.69) is 5.32 Å². The summed E-state index contributed by atoms with van der Waals surface area (Å²) in [4.78, 5) is 55.9. The zero-order chi connectivity index (χ0) is 32.2. The highest BCUT2D eigenvalue weighted by molar-refractivity contribution is 7.99. The summed E-state index contributed by atoms with van der Waals surface area (Å²) in [6.07, 6.45) is 7.31. The van der Waals surface area contributed by atoms with Crippen LogP contribution >= 0.6 is 11.8 Å². The number of amides is 2. The van der Waals surface area contributed by atoms with Crippen LogP contribution in [-0.2, 0) is 21.4 Å². The molecule has 3 aromatic heterocycles. The molecule has 12 heteroatoms. The van der Waals surface area contributed by atoms with Crippen molar-refractivity contribution in [2.24, 2.45) is 12.8 Å². The molecule has 1 aliphatic carbocycles. The first-order valence-electron chi connectivity index (χ1n) is 15.4. The zero-order valence-electron chi connectivity index (χ0n) is 25.5. The van der Waals surface area contributed by atoms with Gasteiger partial charge in [-0.1, -0.05) is 37.1 Å². The molecule has 0 aliphatic heterocycles. The lowest BCUT2D eigenvalue weighted by Gasteiger charge is -2.22. The van der Waals surface area contributed by atoms with Crippen molar-refractivity contribution in [2.75, 3.05) is 5.75 Å². The Morgan fingerprint density at radius 3 is 2.65 bits per heavy atom. The number of aryl methyl sites for hydroxylation is 1. The van der Waals surface area contributed by atoms with E-state index in [1.807, 2.05) is 41.9 Å². The zero-order valence-corrected chi connectivity index (χ0v) is 26.3. The summed E-state index contributed by atoms with van der Waals surface area (Å²) in [7, 11) is 1.82. The summed E-state index contributed by atoms with van der Waals surface area (Å²) < 4.78 is 14.4. The highest BCUT2D eigenvalue weighted by atomic mass is 32.2. The normalized spacial score (nSPS) is 13.7. The van der Waals surface area contributed by atoms with Crippen LogP contribution in [0.1, 0.15) is 51.4 Å². The minimum atomic E-state index is -0.519. The lowest BCUT2D eigenvalue weighted by Crippen LogP contribution is -2.37. The van der Waals surface area contributed by atoms with Crippen LogP contribution in [0.25, 0.3) is 38.9 Å². The van der Waals surface area contributed by atoms with E-state index in [-0.39, 0.29) is 48.3 Å². The Morgan fingerprint density at radius 1 is 1.07 bits per heavy atom. The van der Waals surface area contributed by atoms with Crippen LogP contribution in [0, 0.1) is 0 Å². The molecule has 0 unspecified atom stereocenters. The Kier molecular flexibility index (Phi) is 9.25. The summed E-state index contributed by atoms with van der Waals surface area (Å²) in [6, 6.07) is 16.3. The first kappa shape index (κ1) is 31.2. The van der Waals surface area contributed by atoms with Crippen LogP contribution < -0.4 is 21.3 Å². The van der Waals surface area contributed by atoms with Gasteiger partial charge in [0.05, 0.1) is 23.2 Å². The van der Waals surface area contributed by atoms with Crippen LogP contribution in [0.4, 0.5) is 0 Å². The molecule has 0 atom stereocenters. The molecule has 5 aromatic rings. The monoisotopic (exact) mass is 641 g/mol. The maximum atomic E-state index is 14.4. The highest BCUT2D eigenvalue weighted by Gasteiger charge is 2.22. The maximum absolute atomic E-state index is 14.4. The van der Waals surface area contributed by atoms with Gasteiger partial charge in [-0.25, -0.2) is 4.98 Å². The second-order valence-corrected chi connectivity index (χ2v) is 12.4. The fourth-order valence-corrected chi connectivity index (χ4v) is 6.78. The number of furan rings is 1. The van der Waals surface area contributed by atoms with Crippen LogP contribution in [0.3, 0.4) is 0 Å². The third-order valence-electron chi connectivity index (χ3n) is 8.20. The fraction of sp³-hybridized carbons (Fsp3) is 0.324. The SMILES string of the molecule is Cn1c2ccc(-c3ccco3)cc2c2nc(SCC(=O)NC3CCCCC3)n(-c3cccc(OC(=O)CCCC(N)=O)c3)c(=O)c21. The highest BCUT2D eigenvalue weighted by Crippen LogP contribution is 2.32. The van der Waals surface area contributed by atoms with Gasteiger partial charge in [0.25, 0.3) is 5.56 Å². The average molecular weight is 642 g/mol. The maximum Gasteiger partial charge on any atom is 0.311 e. The van der Waals surface area contributed by atoms with Crippen molar-refractivity contribution in [3.8, 4) is 22.8 Å². The number of nitrogens with zero attached hydrogens (tertiary/aromatic N) is 3. The molecule has 1 aliphatic rings. The van der Waals surface area contributed by atoms with Gasteiger partial charge in [0.15, 0.2) is 5.16 Å². The summed E-state index contributed by atoms with van der Waals surface area (Å²) in [5, 5.41) is 4.25. The predicted octanol–water partition coefficient (Wildman–Crippen LogP) is 5.24. The number of primary amides is 1. The Morgan fingerprint density at radius 2 is 1.89 bits per heavy atom. The van der Waals surface area contributed by atoms with Crippen molar-refractivity contribution in [1.82, 2.24) is 19.4 Å². The van der Waals surface area contributed by atoms with Crippen molar-refractivity contribution in [2.45, 2.75) is 62.6 Å². The Labute approximate surface area is 269 Å². The number of thioether (sulfide) groups is 1. The van der Waals surface area contributed by atoms with Gasteiger partial charge in [-0.05, 0) is 61.7 Å². The smallest absolute Gasteiger partial charge is 0.311 e. The third kappa shape index (κ3) is 6.71. The molecule has 2 amide bonds. The van der Waals surface area contributed by atoms with E-state index in [0.29, 0.717) is 27.6 Å². The summed E-state index contributed by atoms with van der Waals surface area (Å²) in [5.74, 6) is -0.114. The summed E-state index contributed by atoms with van der Waals surface area (Å²) in [6.45, 7) is 0. The van der Waals surface area contributed by atoms with Crippen molar-refractivity contribution in [1.29, 1.82) is 0 Å². The second kappa shape index (κ2) is 13.7. The molecule has 0 bridgehead atoms. The number of nitrogens with two attached hydrogens (primary N) is 1. The molecule has 46 heavy (non-hydrogen) atoms. The van der Waals surface area contributed by atoms with Crippen LogP contribution in [0.2, 0.25) is 0 Å². The number of aromatic nitrogens is 3. The first-order chi connectivity index (χ1) is 22.3. The molecule has 11 nitrogen and oxygen atoms in total. The fourth-order valence-electron chi connectivity index (χ4n) is 5.96. The number of rotatable bonds is 11. The quantitative estimate of drug-likeness (QED) is 0.0860. The molecule has 1 fully saturated rings. The van der Waals surface area contributed by atoms with E-state index in [4.69, 9.17) is 19.9 Å². The predicted molar refractivity (Wildman–Crippen MR) is 176 cm³/mol. The number of carbonyl (C=O) groups excluding carboxylic acids is 3. The number of benzene rings is 2. The van der Waals surface area contributed by atoms with Gasteiger partial charge in [0.1, 0.15) is 22.5 Å². The Hall–Kier alpha value is -4.84. The molecule has 2 aromatic carbocycles. The molecular formula is C34H35N5O6S. The largest absolute Gasteiger partial charge is 0.464 e. The number of hydrogen-bond donors (Lipinski definition) is 2. The van der Waals surface area contributed by atoms with Crippen molar-refractivity contribution < 1.29 is 23.5 Å². The van der Waals surface area contributed by atoms with Gasteiger partial charge in [-0.3, -0.25) is 23.7 Å². The van der Waals surface area contributed by atoms with E-state index in [1.165, 1.54) is 22.7 Å². The molecule has 0 saturated heterocycles. The number of fused-ring (bicyclic) bond motifs is 3. The third-order valence-corrected chi connectivity index (χ3v) is 9.14. The van der Waals surface area contributed by atoms with Crippen molar-refractivity contribution in [3.05, 3.63) is 71.2 Å².